The smallest absolute Gasteiger partial charge is 0.323 e. The van der Waals surface area contributed by atoms with E-state index in [0.717, 1.165) is 0 Å². The number of aliphatic hydroxyl groups excluding tert-OH is 2. The maximum atomic E-state index is 12.2. The Balaban J connectivity index is 4.38. The van der Waals surface area contributed by atoms with Crippen molar-refractivity contribution in [2.75, 3.05) is 40.0 Å². The van der Waals surface area contributed by atoms with Crippen LogP contribution in [0.2, 0.25) is 0 Å². The number of rotatable bonds is 16. The lowest BCUT2D eigenvalue weighted by atomic mass is 10.1. The van der Waals surface area contributed by atoms with Gasteiger partial charge in [0.25, 0.3) is 0 Å². The molecule has 0 rings (SSSR count). The highest BCUT2D eigenvalue weighted by Gasteiger charge is 2.26. The highest BCUT2D eigenvalue weighted by atomic mass is 16.6. The number of nitrogens with two attached hydrogens (primary N) is 2. The molecule has 7 N–H and O–H groups in total. The normalized spacial score (nSPS) is 14.3. The van der Waals surface area contributed by atoms with Crippen LogP contribution in [0, 0.1) is 0 Å². The third kappa shape index (κ3) is 14.2. The molecule has 0 aliphatic carbocycles. The summed E-state index contributed by atoms with van der Waals surface area (Å²) in [4.78, 5) is 36.9. The van der Waals surface area contributed by atoms with E-state index in [0.29, 0.717) is 13.0 Å². The first kappa shape index (κ1) is 28.2. The van der Waals surface area contributed by atoms with E-state index < -0.39 is 42.4 Å². The van der Waals surface area contributed by atoms with E-state index in [1.165, 1.54) is 6.92 Å². The van der Waals surface area contributed by atoms with Crippen LogP contribution in [0.25, 0.3) is 0 Å². The summed E-state index contributed by atoms with van der Waals surface area (Å²) in [5.74, 6) is -1.75. The average Bonchev–Trinajstić information content (AvgIpc) is 2.66. The van der Waals surface area contributed by atoms with Crippen molar-refractivity contribution in [2.45, 2.75) is 57.6 Å². The molecule has 3 unspecified atom stereocenters. The fourth-order valence-corrected chi connectivity index (χ4v) is 2.41. The highest BCUT2D eigenvalue weighted by Crippen LogP contribution is 2.07. The van der Waals surface area contributed by atoms with Crippen molar-refractivity contribution in [1.29, 1.82) is 0 Å². The Kier molecular flexibility index (Phi) is 15.0. The molecule has 30 heavy (non-hydrogen) atoms. The number of carbonyl (C=O) groups is 3. The molecule has 0 radical (unpaired) electrons. The molecule has 0 saturated heterocycles. The van der Waals surface area contributed by atoms with Crippen molar-refractivity contribution < 1.29 is 38.8 Å². The van der Waals surface area contributed by atoms with Gasteiger partial charge >= 0.3 is 17.9 Å². The van der Waals surface area contributed by atoms with Crippen molar-refractivity contribution in [3.63, 3.8) is 0 Å². The minimum Gasteiger partial charge on any atom is -0.465 e. The molecular weight excluding hydrogens is 400 g/mol. The first-order valence-electron chi connectivity index (χ1n) is 9.85. The third-order valence-electron chi connectivity index (χ3n) is 3.84. The number of carbonyl (C=O) groups excluding carboxylic acids is 3. The molecule has 176 valence electrons. The standard InChI is InChI=1S/C18H36N4O8/c1-4-28-17(27)14(7-8-21-18(19)20)22(3)9-13(24)11-30-16(26)6-5-15(25)29-10-12(2)23/h12-14,18,21,23-24H,4-11,19-20H2,1-3H3. The third-order valence-corrected chi connectivity index (χ3v) is 3.84. The Labute approximate surface area is 176 Å². The number of hydrogen-bond donors (Lipinski definition) is 5. The van der Waals surface area contributed by atoms with Gasteiger partial charge in [-0.25, -0.2) is 0 Å². The van der Waals surface area contributed by atoms with Gasteiger partial charge in [0.2, 0.25) is 0 Å². The number of ether oxygens (including phenoxy) is 3. The van der Waals surface area contributed by atoms with Crippen LogP contribution in [0.5, 0.6) is 0 Å². The second kappa shape index (κ2) is 15.9. The number of nitrogens with zero attached hydrogens (tertiary/aromatic N) is 1. The van der Waals surface area contributed by atoms with Crippen LogP contribution < -0.4 is 16.8 Å². The lowest BCUT2D eigenvalue weighted by Gasteiger charge is -2.28. The molecule has 0 bridgehead atoms. The molecule has 0 aromatic heterocycles. The van der Waals surface area contributed by atoms with E-state index in [2.05, 4.69) is 5.32 Å². The molecular formula is C18H36N4O8. The summed E-state index contributed by atoms with van der Waals surface area (Å²) in [7, 11) is 1.63. The predicted molar refractivity (Wildman–Crippen MR) is 107 cm³/mol. The van der Waals surface area contributed by atoms with Crippen molar-refractivity contribution in [1.82, 2.24) is 10.2 Å². The van der Waals surface area contributed by atoms with Gasteiger partial charge in [-0.1, -0.05) is 0 Å². The van der Waals surface area contributed by atoms with Gasteiger partial charge in [-0.05, 0) is 33.9 Å². The van der Waals surface area contributed by atoms with Gasteiger partial charge in [0.05, 0.1) is 25.6 Å². The van der Waals surface area contributed by atoms with E-state index >= 15 is 0 Å². The topological polar surface area (TPSA) is 187 Å². The minimum atomic E-state index is -1.05. The maximum Gasteiger partial charge on any atom is 0.323 e. The number of likely N-dealkylation sites (N-methyl/N-ethyl adjacent to an activating group) is 1. The summed E-state index contributed by atoms with van der Waals surface area (Å²) in [5, 5.41) is 21.9. The zero-order chi connectivity index (χ0) is 23.1. The fraction of sp³-hybridized carbons (Fsp3) is 0.833. The molecule has 0 saturated carbocycles. The minimum absolute atomic E-state index is 0.0435. The van der Waals surface area contributed by atoms with Crippen LogP contribution in [0.1, 0.15) is 33.1 Å². The summed E-state index contributed by atoms with van der Waals surface area (Å²) < 4.78 is 14.7. The van der Waals surface area contributed by atoms with Crippen molar-refractivity contribution in [3.8, 4) is 0 Å². The zero-order valence-corrected chi connectivity index (χ0v) is 17.9. The van der Waals surface area contributed by atoms with Gasteiger partial charge in [0.15, 0.2) is 0 Å². The van der Waals surface area contributed by atoms with E-state index in [9.17, 15) is 19.5 Å². The van der Waals surface area contributed by atoms with Gasteiger partial charge < -0.3 is 35.9 Å². The van der Waals surface area contributed by atoms with Crippen LogP contribution >= 0.6 is 0 Å². The van der Waals surface area contributed by atoms with Crippen LogP contribution in [0.15, 0.2) is 0 Å². The van der Waals surface area contributed by atoms with Gasteiger partial charge in [-0.2, -0.15) is 0 Å². The second-order valence-corrected chi connectivity index (χ2v) is 6.84. The van der Waals surface area contributed by atoms with Crippen LogP contribution in [0.3, 0.4) is 0 Å². The lowest BCUT2D eigenvalue weighted by Crippen LogP contribution is -2.49. The molecule has 12 nitrogen and oxygen atoms in total. The molecule has 0 amide bonds. The fourth-order valence-electron chi connectivity index (χ4n) is 2.41. The first-order valence-corrected chi connectivity index (χ1v) is 9.85. The summed E-state index contributed by atoms with van der Waals surface area (Å²) in [5.41, 5.74) is 10.8. The lowest BCUT2D eigenvalue weighted by molar-refractivity contribution is -0.154. The molecule has 3 atom stereocenters. The van der Waals surface area contributed by atoms with Crippen LogP contribution in [-0.2, 0) is 28.6 Å². The number of hydrogen-bond acceptors (Lipinski definition) is 12. The van der Waals surface area contributed by atoms with Crippen molar-refractivity contribution >= 4 is 17.9 Å². The van der Waals surface area contributed by atoms with E-state index in [1.807, 2.05) is 0 Å². The second-order valence-electron chi connectivity index (χ2n) is 6.84. The predicted octanol–water partition coefficient (Wildman–Crippen LogP) is -2.36. The highest BCUT2D eigenvalue weighted by molar-refractivity contribution is 5.77. The quantitative estimate of drug-likeness (QED) is 0.0985. The summed E-state index contributed by atoms with van der Waals surface area (Å²) in [6.07, 6.45) is -2.61. The van der Waals surface area contributed by atoms with E-state index in [4.69, 9.17) is 30.8 Å². The van der Waals surface area contributed by atoms with Crippen LogP contribution in [0.4, 0.5) is 0 Å². The molecule has 12 heteroatoms. The van der Waals surface area contributed by atoms with E-state index in [-0.39, 0.29) is 39.2 Å². The number of esters is 3. The Hall–Kier alpha value is -1.83. The Morgan fingerprint density at radius 3 is 2.10 bits per heavy atom. The molecule has 0 fully saturated rings. The number of nitrogens with one attached hydrogen (secondary N) is 1. The average molecular weight is 437 g/mol. The SMILES string of the molecule is CCOC(=O)C(CCNC(N)N)N(C)CC(O)COC(=O)CCC(=O)OCC(C)O. The summed E-state index contributed by atoms with van der Waals surface area (Å²) in [6, 6.07) is -0.648. The monoisotopic (exact) mass is 436 g/mol. The molecule has 0 aromatic carbocycles. The van der Waals surface area contributed by atoms with Gasteiger partial charge in [0, 0.05) is 6.54 Å². The first-order chi connectivity index (χ1) is 14.1. The van der Waals surface area contributed by atoms with Gasteiger partial charge in [-0.3, -0.25) is 24.6 Å². The molecule has 0 spiro atoms. The van der Waals surface area contributed by atoms with Gasteiger partial charge in [-0.15, -0.1) is 0 Å². The summed E-state index contributed by atoms with van der Waals surface area (Å²) >= 11 is 0. The zero-order valence-electron chi connectivity index (χ0n) is 17.9. The van der Waals surface area contributed by atoms with Crippen molar-refractivity contribution in [3.05, 3.63) is 0 Å². The number of aliphatic hydroxyl groups is 2. The Bertz CT molecular complexity index is 518. The largest absolute Gasteiger partial charge is 0.465 e. The summed E-state index contributed by atoms with van der Waals surface area (Å²) in [6.45, 7) is 3.34. The molecule has 0 aliphatic heterocycles. The molecule has 0 heterocycles. The Morgan fingerprint density at radius 2 is 1.60 bits per heavy atom. The Morgan fingerprint density at radius 1 is 1.03 bits per heavy atom. The van der Waals surface area contributed by atoms with Crippen molar-refractivity contribution in [2.24, 2.45) is 11.5 Å². The van der Waals surface area contributed by atoms with E-state index in [1.54, 1.807) is 18.9 Å². The molecule has 0 aliphatic rings. The maximum absolute atomic E-state index is 12.2. The molecule has 0 aromatic rings. The van der Waals surface area contributed by atoms with Gasteiger partial charge in [0.1, 0.15) is 31.6 Å². The van der Waals surface area contributed by atoms with Crippen LogP contribution in [-0.4, -0.2) is 97.5 Å².